The van der Waals surface area contributed by atoms with Gasteiger partial charge in [0, 0.05) is 16.0 Å². The summed E-state index contributed by atoms with van der Waals surface area (Å²) in [5, 5.41) is 3.47. The average Bonchev–Trinajstić information content (AvgIpc) is 3.29. The summed E-state index contributed by atoms with van der Waals surface area (Å²) < 4.78 is 93.5. The molecule has 32 heavy (non-hydrogen) atoms. The second-order valence-corrected chi connectivity index (χ2v) is 8.57. The summed E-state index contributed by atoms with van der Waals surface area (Å²) in [4.78, 5) is 15.4. The highest BCUT2D eigenvalue weighted by Crippen LogP contribution is 2.65. The maximum Gasteiger partial charge on any atom is 0.380 e. The second kappa shape index (κ2) is 7.03. The normalized spacial score (nSPS) is 18.9. The number of alkyl halides is 6. The fraction of sp³-hybridized carbons (Fsp3) is 0.286. The minimum Gasteiger partial charge on any atom is -0.361 e. The SMILES string of the molecule is Cc1noc(C)c1C1=C(c2cc(-c3cccc(C=O)n3)sc2C)C(F)(F)C(F)(F)C1(F)F. The van der Waals surface area contributed by atoms with E-state index in [9.17, 15) is 31.1 Å². The number of hydrogen-bond donors (Lipinski definition) is 0. The summed E-state index contributed by atoms with van der Waals surface area (Å²) in [5.74, 6) is -16.3. The molecule has 4 nitrogen and oxygen atoms in total. The number of aryl methyl sites for hydroxylation is 3. The minimum absolute atomic E-state index is 0.0648. The van der Waals surface area contributed by atoms with Crippen LogP contribution in [-0.2, 0) is 0 Å². The molecule has 1 aliphatic carbocycles. The van der Waals surface area contributed by atoms with Gasteiger partial charge >= 0.3 is 17.8 Å². The van der Waals surface area contributed by atoms with Crippen LogP contribution in [0.3, 0.4) is 0 Å². The first-order valence-electron chi connectivity index (χ1n) is 9.20. The standard InChI is InChI=1S/C21H14F6N2O2S/c1-9-16(10(2)31-29-9)18-17(19(22,23)21(26,27)20(18,24)25)13-7-15(32-11(13)3)14-6-4-5-12(8-30)28-14/h4-8H,1-3H3. The molecule has 0 amide bonds. The van der Waals surface area contributed by atoms with E-state index in [4.69, 9.17) is 4.52 Å². The molecule has 3 aromatic rings. The summed E-state index contributed by atoms with van der Waals surface area (Å²) >= 11 is 0.907. The molecule has 0 atom stereocenters. The monoisotopic (exact) mass is 472 g/mol. The third-order valence-corrected chi connectivity index (χ3v) is 6.35. The molecular formula is C21H14F6N2O2S. The molecule has 0 N–H and O–H groups in total. The lowest BCUT2D eigenvalue weighted by molar-refractivity contribution is -0.254. The van der Waals surface area contributed by atoms with E-state index in [2.05, 4.69) is 10.1 Å². The summed E-state index contributed by atoms with van der Waals surface area (Å²) in [5.41, 5.74) is -3.95. The van der Waals surface area contributed by atoms with Crippen molar-refractivity contribution in [2.24, 2.45) is 0 Å². The first-order chi connectivity index (χ1) is 14.8. The van der Waals surface area contributed by atoms with Crippen LogP contribution in [0.4, 0.5) is 26.3 Å². The fourth-order valence-electron chi connectivity index (χ4n) is 3.76. The van der Waals surface area contributed by atoms with Crippen molar-refractivity contribution in [3.63, 3.8) is 0 Å². The molecule has 0 unspecified atom stereocenters. The number of allylic oxidation sites excluding steroid dienone is 2. The molecule has 168 valence electrons. The Hall–Kier alpha value is -2.95. The zero-order valence-electron chi connectivity index (χ0n) is 16.8. The molecular weight excluding hydrogens is 458 g/mol. The quantitative estimate of drug-likeness (QED) is 0.327. The van der Waals surface area contributed by atoms with E-state index in [1.807, 2.05) is 0 Å². The summed E-state index contributed by atoms with van der Waals surface area (Å²) in [6.45, 7) is 3.75. The molecule has 0 bridgehead atoms. The molecule has 1 aliphatic rings. The zero-order chi connectivity index (χ0) is 23.6. The van der Waals surface area contributed by atoms with Gasteiger partial charge in [0.25, 0.3) is 0 Å². The lowest BCUT2D eigenvalue weighted by atomic mass is 9.94. The average molecular weight is 472 g/mol. The van der Waals surface area contributed by atoms with Crippen molar-refractivity contribution in [1.82, 2.24) is 10.1 Å². The van der Waals surface area contributed by atoms with Crippen LogP contribution in [0.15, 0.2) is 28.8 Å². The molecule has 0 spiro atoms. The number of nitrogens with zero attached hydrogens (tertiary/aromatic N) is 2. The van der Waals surface area contributed by atoms with Gasteiger partial charge in [0.2, 0.25) is 0 Å². The Morgan fingerprint density at radius 1 is 1.00 bits per heavy atom. The van der Waals surface area contributed by atoms with Crippen LogP contribution < -0.4 is 0 Å². The van der Waals surface area contributed by atoms with Crippen LogP contribution >= 0.6 is 11.3 Å². The van der Waals surface area contributed by atoms with Crippen LogP contribution in [0.5, 0.6) is 0 Å². The van der Waals surface area contributed by atoms with Gasteiger partial charge in [-0.25, -0.2) is 4.98 Å². The van der Waals surface area contributed by atoms with E-state index in [-0.39, 0.29) is 32.6 Å². The van der Waals surface area contributed by atoms with Gasteiger partial charge in [-0.15, -0.1) is 11.3 Å². The van der Waals surface area contributed by atoms with Gasteiger partial charge < -0.3 is 4.52 Å². The van der Waals surface area contributed by atoms with E-state index in [1.165, 1.54) is 39.0 Å². The molecule has 4 rings (SSSR count). The number of hydrogen-bond acceptors (Lipinski definition) is 5. The van der Waals surface area contributed by atoms with Gasteiger partial charge in [-0.05, 0) is 44.5 Å². The Morgan fingerprint density at radius 3 is 2.25 bits per heavy atom. The molecule has 11 heteroatoms. The van der Waals surface area contributed by atoms with Crippen molar-refractivity contribution in [3.05, 3.63) is 57.4 Å². The van der Waals surface area contributed by atoms with Gasteiger partial charge in [-0.2, -0.15) is 26.3 Å². The summed E-state index contributed by atoms with van der Waals surface area (Å²) in [6.07, 6.45) is 0.481. The predicted octanol–water partition coefficient (Wildman–Crippen LogP) is 6.37. The number of carbonyl (C=O) groups is 1. The predicted molar refractivity (Wildman–Crippen MR) is 105 cm³/mol. The van der Waals surface area contributed by atoms with E-state index >= 15 is 0 Å². The Morgan fingerprint density at radius 2 is 1.66 bits per heavy atom. The molecule has 3 aromatic heterocycles. The van der Waals surface area contributed by atoms with Gasteiger partial charge in [0.15, 0.2) is 6.29 Å². The van der Waals surface area contributed by atoms with Gasteiger partial charge in [0.1, 0.15) is 11.5 Å². The van der Waals surface area contributed by atoms with Crippen LogP contribution in [0.1, 0.15) is 37.9 Å². The van der Waals surface area contributed by atoms with Gasteiger partial charge in [-0.1, -0.05) is 11.2 Å². The van der Waals surface area contributed by atoms with Crippen LogP contribution in [0, 0.1) is 20.8 Å². The van der Waals surface area contributed by atoms with Crippen molar-refractivity contribution in [1.29, 1.82) is 0 Å². The Labute approximate surface area is 181 Å². The molecule has 0 aromatic carbocycles. The molecule has 0 saturated carbocycles. The maximum absolute atomic E-state index is 15.0. The highest BCUT2D eigenvalue weighted by molar-refractivity contribution is 7.15. The van der Waals surface area contributed by atoms with Crippen molar-refractivity contribution < 1.29 is 35.7 Å². The summed E-state index contributed by atoms with van der Waals surface area (Å²) in [7, 11) is 0. The smallest absolute Gasteiger partial charge is 0.361 e. The topological polar surface area (TPSA) is 56.0 Å². The highest BCUT2D eigenvalue weighted by atomic mass is 32.1. The molecule has 0 saturated heterocycles. The minimum atomic E-state index is -5.68. The number of carbonyl (C=O) groups excluding carboxylic acids is 1. The first-order valence-corrected chi connectivity index (χ1v) is 10.0. The van der Waals surface area contributed by atoms with Crippen molar-refractivity contribution >= 4 is 28.8 Å². The molecule has 3 heterocycles. The lowest BCUT2D eigenvalue weighted by Crippen LogP contribution is -2.49. The van der Waals surface area contributed by atoms with Crippen LogP contribution in [0.2, 0.25) is 0 Å². The number of halogens is 6. The molecule has 0 fully saturated rings. The highest BCUT2D eigenvalue weighted by Gasteiger charge is 2.80. The van der Waals surface area contributed by atoms with E-state index in [1.54, 1.807) is 0 Å². The van der Waals surface area contributed by atoms with Crippen LogP contribution in [-0.4, -0.2) is 34.2 Å². The van der Waals surface area contributed by atoms with Crippen molar-refractivity contribution in [2.45, 2.75) is 38.5 Å². The van der Waals surface area contributed by atoms with Crippen LogP contribution in [0.25, 0.3) is 21.7 Å². The summed E-state index contributed by atoms with van der Waals surface area (Å²) in [6, 6.07) is 5.52. The zero-order valence-corrected chi connectivity index (χ0v) is 17.6. The third kappa shape index (κ3) is 2.86. The number of pyridine rings is 1. The van der Waals surface area contributed by atoms with E-state index in [0.29, 0.717) is 6.29 Å². The Kier molecular flexibility index (Phi) is 4.89. The van der Waals surface area contributed by atoms with Gasteiger partial charge in [0.05, 0.1) is 21.8 Å². The number of aromatic nitrogens is 2. The Balaban J connectivity index is 2.04. The largest absolute Gasteiger partial charge is 0.380 e. The van der Waals surface area contributed by atoms with Crippen molar-refractivity contribution in [3.8, 4) is 10.6 Å². The fourth-order valence-corrected chi connectivity index (χ4v) is 4.76. The second-order valence-electron chi connectivity index (χ2n) is 7.32. The molecule has 0 aliphatic heterocycles. The van der Waals surface area contributed by atoms with E-state index in [0.717, 1.165) is 17.4 Å². The maximum atomic E-state index is 15.0. The third-order valence-electron chi connectivity index (χ3n) is 5.28. The lowest BCUT2D eigenvalue weighted by Gasteiger charge is -2.25. The first kappa shape index (κ1) is 22.3. The van der Waals surface area contributed by atoms with Crippen molar-refractivity contribution in [2.75, 3.05) is 0 Å². The number of rotatable bonds is 4. The number of aldehydes is 1. The number of thiophene rings is 1. The Bertz CT molecular complexity index is 1260. The van der Waals surface area contributed by atoms with E-state index < -0.39 is 40.0 Å². The van der Waals surface area contributed by atoms with Gasteiger partial charge in [-0.3, -0.25) is 4.79 Å². The molecule has 0 radical (unpaired) electrons.